The van der Waals surface area contributed by atoms with Crippen LogP contribution in [0, 0.1) is 5.82 Å². The summed E-state index contributed by atoms with van der Waals surface area (Å²) in [6, 6.07) is 18.2. The van der Waals surface area contributed by atoms with Crippen LogP contribution in [0.2, 0.25) is 0 Å². The van der Waals surface area contributed by atoms with E-state index in [-0.39, 0.29) is 28.8 Å². The summed E-state index contributed by atoms with van der Waals surface area (Å²) in [5.41, 5.74) is 1.45. The monoisotopic (exact) mass is 578 g/mol. The number of hydrogen-bond acceptors (Lipinski definition) is 4. The average Bonchev–Trinajstić information content (AvgIpc) is 3.27. The van der Waals surface area contributed by atoms with Gasteiger partial charge in [0.1, 0.15) is 11.3 Å². The number of nitrogens with zero attached hydrogens (tertiary/aromatic N) is 1. The van der Waals surface area contributed by atoms with Crippen molar-refractivity contribution in [2.24, 2.45) is 0 Å². The van der Waals surface area contributed by atoms with E-state index in [0.717, 1.165) is 16.7 Å². The third-order valence-electron chi connectivity index (χ3n) is 6.81. The number of aromatic carboxylic acids is 1. The molecule has 1 aromatic heterocycles. The molecule has 4 aromatic carbocycles. The summed E-state index contributed by atoms with van der Waals surface area (Å²) in [7, 11) is 0. The Morgan fingerprint density at radius 3 is 2.17 bits per heavy atom. The molecule has 0 aliphatic heterocycles. The van der Waals surface area contributed by atoms with Gasteiger partial charge in [0.2, 0.25) is 0 Å². The lowest BCUT2D eigenvalue weighted by molar-refractivity contribution is -0.137. The van der Waals surface area contributed by atoms with Crippen LogP contribution in [-0.4, -0.2) is 21.6 Å². The summed E-state index contributed by atoms with van der Waals surface area (Å²) >= 11 is 0. The molecule has 0 aliphatic carbocycles. The lowest BCUT2D eigenvalue weighted by Crippen LogP contribution is -2.28. The van der Waals surface area contributed by atoms with E-state index in [1.54, 1.807) is 19.1 Å². The fourth-order valence-corrected chi connectivity index (χ4v) is 4.58. The first-order valence-corrected chi connectivity index (χ1v) is 12.6. The number of carbonyl (C=O) groups is 2. The topological polar surface area (TPSA) is 102 Å². The fraction of sp³-hybridized carbons (Fsp3) is 0.129. The summed E-state index contributed by atoms with van der Waals surface area (Å²) in [5, 5.41) is 12.0. The highest BCUT2D eigenvalue weighted by Crippen LogP contribution is 2.31. The van der Waals surface area contributed by atoms with Crippen molar-refractivity contribution in [2.75, 3.05) is 0 Å². The molecule has 0 aliphatic rings. The molecule has 0 bridgehead atoms. The number of hydrogen-bond donors (Lipinski definition) is 2. The lowest BCUT2D eigenvalue weighted by atomic mass is 10.0. The number of halogens is 4. The number of carboxylic acid groups (broad SMARTS) is 1. The second-order valence-corrected chi connectivity index (χ2v) is 9.65. The zero-order chi connectivity index (χ0) is 30.2. The molecule has 2 N–H and O–H groups in total. The maximum Gasteiger partial charge on any atom is 0.420 e. The van der Waals surface area contributed by atoms with Gasteiger partial charge in [-0.3, -0.25) is 9.36 Å². The van der Waals surface area contributed by atoms with Crippen molar-refractivity contribution in [3.8, 4) is 11.1 Å². The molecule has 0 spiro atoms. The Balaban J connectivity index is 1.57. The van der Waals surface area contributed by atoms with Crippen LogP contribution in [0.4, 0.5) is 17.6 Å². The van der Waals surface area contributed by atoms with Crippen molar-refractivity contribution >= 4 is 23.0 Å². The van der Waals surface area contributed by atoms with Crippen molar-refractivity contribution in [3.05, 3.63) is 129 Å². The number of aromatic nitrogens is 1. The number of carboxylic acids is 1. The minimum atomic E-state index is -4.52. The van der Waals surface area contributed by atoms with E-state index in [4.69, 9.17) is 9.52 Å². The van der Waals surface area contributed by atoms with E-state index < -0.39 is 41.2 Å². The number of oxazole rings is 1. The van der Waals surface area contributed by atoms with Gasteiger partial charge in [-0.2, -0.15) is 13.2 Å². The first kappa shape index (κ1) is 28.3. The predicted molar refractivity (Wildman–Crippen MR) is 146 cm³/mol. The highest BCUT2D eigenvalue weighted by molar-refractivity contribution is 6.06. The van der Waals surface area contributed by atoms with E-state index in [1.807, 2.05) is 0 Å². The van der Waals surface area contributed by atoms with E-state index >= 15 is 0 Å². The minimum absolute atomic E-state index is 0.0404. The number of carbonyl (C=O) groups excluding carboxylic acids is 1. The maximum absolute atomic E-state index is 13.7. The smallest absolute Gasteiger partial charge is 0.420 e. The SMILES string of the molecule is C[C@H](NC(=O)c1cc(-c2ccc(F)cc2)cc2oc(=O)n(Cc3ccc(C(F)(F)F)cc3)c12)c1ccc(C(=O)O)cc1. The van der Waals surface area contributed by atoms with Gasteiger partial charge in [-0.05, 0) is 77.7 Å². The predicted octanol–water partition coefficient (Wildman–Crippen LogP) is 6.66. The molecule has 0 fully saturated rings. The Morgan fingerprint density at radius 2 is 1.57 bits per heavy atom. The molecule has 5 aromatic rings. The third kappa shape index (κ3) is 5.80. The van der Waals surface area contributed by atoms with Crippen molar-refractivity contribution in [2.45, 2.75) is 25.7 Å². The van der Waals surface area contributed by atoms with Gasteiger partial charge < -0.3 is 14.8 Å². The maximum atomic E-state index is 13.7. The number of amides is 1. The van der Waals surface area contributed by atoms with Gasteiger partial charge in [0.15, 0.2) is 5.58 Å². The highest BCUT2D eigenvalue weighted by Gasteiger charge is 2.30. The molecule has 42 heavy (non-hydrogen) atoms. The quantitative estimate of drug-likeness (QED) is 0.211. The molecule has 1 atom stereocenters. The van der Waals surface area contributed by atoms with Gasteiger partial charge in [-0.15, -0.1) is 0 Å². The van der Waals surface area contributed by atoms with Crippen molar-refractivity contribution in [1.82, 2.24) is 9.88 Å². The van der Waals surface area contributed by atoms with Crippen LogP contribution >= 0.6 is 0 Å². The molecule has 7 nitrogen and oxygen atoms in total. The van der Waals surface area contributed by atoms with Crippen LogP contribution < -0.4 is 11.1 Å². The molecule has 1 amide bonds. The number of benzene rings is 4. The van der Waals surface area contributed by atoms with E-state index in [0.29, 0.717) is 22.3 Å². The van der Waals surface area contributed by atoms with Gasteiger partial charge in [-0.25, -0.2) is 14.0 Å². The zero-order valence-corrected chi connectivity index (χ0v) is 21.9. The Labute approximate surface area is 235 Å². The fourth-order valence-electron chi connectivity index (χ4n) is 4.58. The van der Waals surface area contributed by atoms with Crippen LogP contribution in [0.5, 0.6) is 0 Å². The Kier molecular flexibility index (Phi) is 7.42. The normalized spacial score (nSPS) is 12.3. The summed E-state index contributed by atoms with van der Waals surface area (Å²) in [5.74, 6) is -2.98. The standard InChI is InChI=1S/C31H22F4N2O5/c1-17(19-4-6-21(7-5-19)29(39)40)36-28(38)25-14-22(20-8-12-24(32)13-9-20)15-26-27(25)37(30(41)42-26)16-18-2-10-23(11-3-18)31(33,34)35/h2-15,17H,16H2,1H3,(H,36,38)(H,39,40)/t17-/m0/s1. The molecule has 5 rings (SSSR count). The van der Waals surface area contributed by atoms with Crippen LogP contribution in [0.15, 0.2) is 94.1 Å². The first-order chi connectivity index (χ1) is 19.9. The molecule has 0 radical (unpaired) electrons. The van der Waals surface area contributed by atoms with E-state index in [9.17, 15) is 31.9 Å². The molecule has 11 heteroatoms. The second kappa shape index (κ2) is 11.0. The van der Waals surface area contributed by atoms with Gasteiger partial charge in [0, 0.05) is 0 Å². The number of nitrogens with one attached hydrogen (secondary N) is 1. The molecule has 214 valence electrons. The Bertz CT molecular complexity index is 1840. The summed E-state index contributed by atoms with van der Waals surface area (Å²) < 4.78 is 59.3. The highest BCUT2D eigenvalue weighted by atomic mass is 19.4. The van der Waals surface area contributed by atoms with Crippen LogP contribution in [0.25, 0.3) is 22.2 Å². The van der Waals surface area contributed by atoms with E-state index in [2.05, 4.69) is 5.32 Å². The van der Waals surface area contributed by atoms with Gasteiger partial charge in [0.25, 0.3) is 5.91 Å². The van der Waals surface area contributed by atoms with Gasteiger partial charge in [0.05, 0.1) is 29.3 Å². The Morgan fingerprint density at radius 1 is 0.929 bits per heavy atom. The third-order valence-corrected chi connectivity index (χ3v) is 6.81. The van der Waals surface area contributed by atoms with Crippen molar-refractivity contribution < 1.29 is 36.7 Å². The number of alkyl halides is 3. The number of rotatable bonds is 7. The largest absolute Gasteiger partial charge is 0.478 e. The van der Waals surface area contributed by atoms with Crippen molar-refractivity contribution in [3.63, 3.8) is 0 Å². The molecule has 0 saturated heterocycles. The Hall–Kier alpha value is -5.19. The molecule has 0 unspecified atom stereocenters. The van der Waals surface area contributed by atoms with E-state index in [1.165, 1.54) is 60.7 Å². The summed E-state index contributed by atoms with van der Waals surface area (Å²) in [6.07, 6.45) is -4.52. The average molecular weight is 579 g/mol. The summed E-state index contributed by atoms with van der Waals surface area (Å²) in [6.45, 7) is 1.52. The van der Waals surface area contributed by atoms with Gasteiger partial charge in [-0.1, -0.05) is 36.4 Å². The second-order valence-electron chi connectivity index (χ2n) is 9.65. The minimum Gasteiger partial charge on any atom is -0.478 e. The molecule has 0 saturated carbocycles. The zero-order valence-electron chi connectivity index (χ0n) is 21.9. The molecule has 1 heterocycles. The van der Waals surface area contributed by atoms with Crippen LogP contribution in [-0.2, 0) is 12.7 Å². The molecular weight excluding hydrogens is 556 g/mol. The van der Waals surface area contributed by atoms with Gasteiger partial charge >= 0.3 is 17.9 Å². The lowest BCUT2D eigenvalue weighted by Gasteiger charge is -2.16. The number of fused-ring (bicyclic) bond motifs is 1. The summed E-state index contributed by atoms with van der Waals surface area (Å²) in [4.78, 5) is 37.8. The van der Waals surface area contributed by atoms with Crippen LogP contribution in [0.3, 0.4) is 0 Å². The first-order valence-electron chi connectivity index (χ1n) is 12.6. The van der Waals surface area contributed by atoms with Crippen molar-refractivity contribution in [1.29, 1.82) is 0 Å². The van der Waals surface area contributed by atoms with Crippen LogP contribution in [0.1, 0.15) is 50.4 Å². The molecular formula is C31H22F4N2O5.